The average molecular weight is 272 g/mol. The quantitative estimate of drug-likeness (QED) is 0.926. The highest BCUT2D eigenvalue weighted by Crippen LogP contribution is 2.32. The fourth-order valence-electron chi connectivity index (χ4n) is 1.40. The molecule has 2 aromatic heterocycles. The molecular weight excluding hydrogens is 262 g/mol. The molecule has 0 amide bonds. The molecule has 0 bridgehead atoms. The molecular formula is C10H10BrNOS. The Morgan fingerprint density at radius 1 is 1.50 bits per heavy atom. The standard InChI is InChI=1S/C10H10BrNOS/c1-12-9(7-2-4-13-6-7)10-8(11)3-5-14-10/h2-6,9,12H,1H3. The van der Waals surface area contributed by atoms with Crippen molar-refractivity contribution in [2.24, 2.45) is 0 Å². The van der Waals surface area contributed by atoms with Crippen LogP contribution in [0.4, 0.5) is 0 Å². The number of hydrogen-bond acceptors (Lipinski definition) is 3. The highest BCUT2D eigenvalue weighted by Gasteiger charge is 2.16. The van der Waals surface area contributed by atoms with E-state index < -0.39 is 0 Å². The van der Waals surface area contributed by atoms with Crippen molar-refractivity contribution < 1.29 is 4.42 Å². The van der Waals surface area contributed by atoms with E-state index in [1.807, 2.05) is 13.1 Å². The predicted molar refractivity (Wildman–Crippen MR) is 61.6 cm³/mol. The Balaban J connectivity index is 2.36. The van der Waals surface area contributed by atoms with Crippen LogP contribution in [-0.4, -0.2) is 7.05 Å². The Morgan fingerprint density at radius 2 is 2.36 bits per heavy atom. The van der Waals surface area contributed by atoms with Gasteiger partial charge in [-0.2, -0.15) is 0 Å². The topological polar surface area (TPSA) is 25.2 Å². The summed E-state index contributed by atoms with van der Waals surface area (Å²) in [6.45, 7) is 0. The van der Waals surface area contributed by atoms with Gasteiger partial charge in [-0.15, -0.1) is 11.3 Å². The Bertz CT molecular complexity index is 396. The minimum absolute atomic E-state index is 0.211. The van der Waals surface area contributed by atoms with Gasteiger partial charge in [0.05, 0.1) is 18.6 Å². The Hall–Kier alpha value is -0.580. The molecule has 1 unspecified atom stereocenters. The first-order valence-corrected chi connectivity index (χ1v) is 5.92. The molecule has 0 spiro atoms. The summed E-state index contributed by atoms with van der Waals surface area (Å²) >= 11 is 5.26. The lowest BCUT2D eigenvalue weighted by molar-refractivity contribution is 0.558. The van der Waals surface area contributed by atoms with Gasteiger partial charge in [0.25, 0.3) is 0 Å². The van der Waals surface area contributed by atoms with Gasteiger partial charge < -0.3 is 9.73 Å². The number of thiophene rings is 1. The first-order valence-electron chi connectivity index (χ1n) is 4.25. The van der Waals surface area contributed by atoms with Crippen molar-refractivity contribution in [2.75, 3.05) is 7.05 Å². The van der Waals surface area contributed by atoms with Crippen molar-refractivity contribution >= 4 is 27.3 Å². The molecule has 14 heavy (non-hydrogen) atoms. The molecule has 0 aliphatic carbocycles. The van der Waals surface area contributed by atoms with Crippen LogP contribution >= 0.6 is 27.3 Å². The lowest BCUT2D eigenvalue weighted by Crippen LogP contribution is -2.16. The average Bonchev–Trinajstić information content (AvgIpc) is 2.80. The summed E-state index contributed by atoms with van der Waals surface area (Å²) in [4.78, 5) is 1.27. The van der Waals surface area contributed by atoms with Gasteiger partial charge in [-0.3, -0.25) is 0 Å². The fourth-order valence-corrected chi connectivity index (χ4v) is 3.14. The van der Waals surface area contributed by atoms with Crippen LogP contribution in [0.2, 0.25) is 0 Å². The summed E-state index contributed by atoms with van der Waals surface area (Å²) in [5.41, 5.74) is 1.15. The minimum atomic E-state index is 0.211. The largest absolute Gasteiger partial charge is 0.472 e. The Morgan fingerprint density at radius 3 is 2.86 bits per heavy atom. The zero-order valence-electron chi connectivity index (χ0n) is 7.66. The molecule has 2 nitrogen and oxygen atoms in total. The fraction of sp³-hybridized carbons (Fsp3) is 0.200. The number of nitrogens with one attached hydrogen (secondary N) is 1. The number of furan rings is 1. The van der Waals surface area contributed by atoms with Crippen LogP contribution in [0.1, 0.15) is 16.5 Å². The highest BCUT2D eigenvalue weighted by molar-refractivity contribution is 9.10. The van der Waals surface area contributed by atoms with Gasteiger partial charge in [-0.25, -0.2) is 0 Å². The normalized spacial score (nSPS) is 13.0. The number of hydrogen-bond donors (Lipinski definition) is 1. The van der Waals surface area contributed by atoms with Gasteiger partial charge in [-0.05, 0) is 40.5 Å². The summed E-state index contributed by atoms with van der Waals surface area (Å²) in [5.74, 6) is 0. The summed E-state index contributed by atoms with van der Waals surface area (Å²) in [7, 11) is 1.95. The van der Waals surface area contributed by atoms with Gasteiger partial charge in [0.15, 0.2) is 0 Å². The lowest BCUT2D eigenvalue weighted by atomic mass is 10.1. The van der Waals surface area contributed by atoms with Gasteiger partial charge in [0.2, 0.25) is 0 Å². The second-order valence-electron chi connectivity index (χ2n) is 2.91. The molecule has 0 saturated heterocycles. The van der Waals surface area contributed by atoms with Crippen molar-refractivity contribution in [1.29, 1.82) is 0 Å². The lowest BCUT2D eigenvalue weighted by Gasteiger charge is -2.12. The van der Waals surface area contributed by atoms with Crippen LogP contribution in [-0.2, 0) is 0 Å². The van der Waals surface area contributed by atoms with E-state index in [1.54, 1.807) is 23.9 Å². The molecule has 74 valence electrons. The van der Waals surface area contributed by atoms with Crippen LogP contribution in [0.15, 0.2) is 38.9 Å². The molecule has 1 atom stereocenters. The van der Waals surface area contributed by atoms with E-state index in [0.717, 1.165) is 10.0 Å². The van der Waals surface area contributed by atoms with E-state index in [2.05, 4.69) is 32.7 Å². The molecule has 1 N–H and O–H groups in total. The maximum atomic E-state index is 5.08. The molecule has 0 aliphatic rings. The van der Waals surface area contributed by atoms with Crippen molar-refractivity contribution in [3.63, 3.8) is 0 Å². The number of rotatable bonds is 3. The molecule has 0 saturated carbocycles. The van der Waals surface area contributed by atoms with Crippen LogP contribution in [0.3, 0.4) is 0 Å². The van der Waals surface area contributed by atoms with Crippen molar-refractivity contribution in [3.05, 3.63) is 45.0 Å². The van der Waals surface area contributed by atoms with Crippen LogP contribution in [0, 0.1) is 0 Å². The Labute approximate surface area is 95.1 Å². The monoisotopic (exact) mass is 271 g/mol. The third-order valence-corrected chi connectivity index (χ3v) is 4.01. The molecule has 2 heterocycles. The maximum absolute atomic E-state index is 5.08. The molecule has 0 fully saturated rings. The summed E-state index contributed by atoms with van der Waals surface area (Å²) in [5, 5.41) is 5.34. The second kappa shape index (κ2) is 4.29. The zero-order chi connectivity index (χ0) is 9.97. The Kier molecular flexibility index (Phi) is 3.05. The summed E-state index contributed by atoms with van der Waals surface area (Å²) < 4.78 is 6.23. The molecule has 0 radical (unpaired) electrons. The smallest absolute Gasteiger partial charge is 0.0954 e. The van der Waals surface area contributed by atoms with E-state index in [1.165, 1.54) is 4.88 Å². The van der Waals surface area contributed by atoms with Crippen molar-refractivity contribution in [1.82, 2.24) is 5.32 Å². The van der Waals surface area contributed by atoms with E-state index in [9.17, 15) is 0 Å². The molecule has 2 rings (SSSR count). The number of halogens is 1. The molecule has 0 aliphatic heterocycles. The highest BCUT2D eigenvalue weighted by atomic mass is 79.9. The molecule has 2 aromatic rings. The second-order valence-corrected chi connectivity index (χ2v) is 4.71. The summed E-state index contributed by atoms with van der Waals surface area (Å²) in [6, 6.07) is 4.25. The van der Waals surface area contributed by atoms with E-state index in [0.29, 0.717) is 0 Å². The van der Waals surface area contributed by atoms with Gasteiger partial charge in [-0.1, -0.05) is 0 Å². The molecule has 0 aromatic carbocycles. The SMILES string of the molecule is CNC(c1ccoc1)c1sccc1Br. The van der Waals surface area contributed by atoms with Crippen LogP contribution in [0.25, 0.3) is 0 Å². The van der Waals surface area contributed by atoms with Crippen LogP contribution in [0.5, 0.6) is 0 Å². The first kappa shape index (κ1) is 9.96. The summed E-state index contributed by atoms with van der Waals surface area (Å²) in [6.07, 6.45) is 3.47. The third kappa shape index (κ3) is 1.78. The maximum Gasteiger partial charge on any atom is 0.0954 e. The van der Waals surface area contributed by atoms with Gasteiger partial charge in [0.1, 0.15) is 0 Å². The van der Waals surface area contributed by atoms with Crippen LogP contribution < -0.4 is 5.32 Å². The molecule has 4 heteroatoms. The van der Waals surface area contributed by atoms with E-state index in [4.69, 9.17) is 4.42 Å². The zero-order valence-corrected chi connectivity index (χ0v) is 10.1. The van der Waals surface area contributed by atoms with E-state index >= 15 is 0 Å². The van der Waals surface area contributed by atoms with Gasteiger partial charge >= 0.3 is 0 Å². The third-order valence-electron chi connectivity index (χ3n) is 2.07. The first-order chi connectivity index (χ1) is 6.83. The van der Waals surface area contributed by atoms with Crippen molar-refractivity contribution in [2.45, 2.75) is 6.04 Å². The van der Waals surface area contributed by atoms with Crippen molar-refractivity contribution in [3.8, 4) is 0 Å². The van der Waals surface area contributed by atoms with Gasteiger partial charge in [0, 0.05) is 14.9 Å². The predicted octanol–water partition coefficient (Wildman–Crippen LogP) is 3.41. The minimum Gasteiger partial charge on any atom is -0.472 e. The van der Waals surface area contributed by atoms with E-state index in [-0.39, 0.29) is 6.04 Å².